The van der Waals surface area contributed by atoms with Gasteiger partial charge in [-0.3, -0.25) is 19.4 Å². The zero-order chi connectivity index (χ0) is 56.5. The quantitative estimate of drug-likeness (QED) is 0.0583. The number of aliphatic hydroxyl groups excluding tert-OH is 2. The second-order valence-electron chi connectivity index (χ2n) is 23.2. The molecule has 4 aromatic carbocycles. The largest absolute Gasteiger partial charge is 0.486 e. The standard InChI is InChI=1S/C61H69FN14O6/c1-6-75-51(17-19-65-75)39-15-13-38(14-16-39)50(31-77)66-59(79)52-22-42(78)28-74(52)60(80)56(33(2)3)76-30-49(70-71-76)37-9-7-35(8-10-37)32-82-57-54(53-34(4)47(62)24-48-46(53)26-64-69-48)44(36-11-12-36)23-45-55(57)67-61(72-20-18-43(29-72)81-5)68-58(45)73-27-40-21-41(73)25-63-40/h7-10,13-17,19,23-24,26,30,33,36,40-43,50,52,56,63,77-78H,6,11-12,18,20-22,25,27-29,31-32H2,1-5H3,(H,64,69)(H,66,79)/t40-,41-,42+,43?,50-,52-,56-/m0/s1. The van der Waals surface area contributed by atoms with Crippen LogP contribution in [-0.4, -0.2) is 149 Å². The fraction of sp³-hybridized carbons (Fsp3) is 0.443. The molecule has 8 aromatic rings. The zero-order valence-electron chi connectivity index (χ0n) is 46.8. The number of methoxy groups -OCH3 is 1. The molecule has 1 aliphatic carbocycles. The fourth-order valence-corrected chi connectivity index (χ4v) is 13.0. The number of amides is 2. The number of halogens is 1. The molecule has 21 heteroatoms. The molecule has 2 amide bonds. The van der Waals surface area contributed by atoms with Gasteiger partial charge in [-0.1, -0.05) is 67.6 Å². The first kappa shape index (κ1) is 53.5. The van der Waals surface area contributed by atoms with Gasteiger partial charge in [0, 0.05) is 98.5 Å². The zero-order valence-corrected chi connectivity index (χ0v) is 46.8. The number of carbonyl (C=O) groups is 2. The summed E-state index contributed by atoms with van der Waals surface area (Å²) in [5, 5.41) is 50.5. The molecular weight excluding hydrogens is 1040 g/mol. The topological polar surface area (TPSA) is 230 Å². The Morgan fingerprint density at radius 3 is 2.46 bits per heavy atom. The Morgan fingerprint density at radius 1 is 0.951 bits per heavy atom. The first-order chi connectivity index (χ1) is 39.9. The molecule has 5 N–H and O–H groups in total. The summed E-state index contributed by atoms with van der Waals surface area (Å²) < 4.78 is 32.6. The molecule has 4 saturated heterocycles. The number of β-amino-alcohol motifs (C(OH)–C–C–N with tert-alkyl or cyclic N) is 1. The number of likely N-dealkylation sites (tertiary alicyclic amines) is 1. The fourth-order valence-electron chi connectivity index (χ4n) is 13.0. The number of aliphatic hydroxyl groups is 2. The molecular formula is C61H69FN14O6. The Morgan fingerprint density at radius 2 is 1.76 bits per heavy atom. The maximum Gasteiger partial charge on any atom is 0.248 e. The Bertz CT molecular complexity index is 3690. The van der Waals surface area contributed by atoms with Gasteiger partial charge >= 0.3 is 0 Å². The van der Waals surface area contributed by atoms with Crippen molar-refractivity contribution in [2.75, 3.05) is 56.2 Å². The first-order valence-electron chi connectivity index (χ1n) is 28.8. The summed E-state index contributed by atoms with van der Waals surface area (Å²) in [5.74, 6) is 0.855. The molecule has 7 atom stereocenters. The van der Waals surface area contributed by atoms with E-state index in [9.17, 15) is 19.8 Å². The van der Waals surface area contributed by atoms with Crippen LogP contribution in [0.3, 0.4) is 0 Å². The van der Waals surface area contributed by atoms with Crippen LogP contribution < -0.4 is 25.2 Å². The van der Waals surface area contributed by atoms with Gasteiger partial charge in [0.25, 0.3) is 0 Å². The van der Waals surface area contributed by atoms with Gasteiger partial charge in [-0.15, -0.1) is 5.10 Å². The molecule has 1 saturated carbocycles. The Kier molecular flexibility index (Phi) is 14.2. The van der Waals surface area contributed by atoms with Crippen LogP contribution in [0, 0.1) is 18.7 Å². The van der Waals surface area contributed by atoms with Gasteiger partial charge in [-0.25, -0.2) is 14.1 Å². The predicted octanol–water partition coefficient (Wildman–Crippen LogP) is 7.00. The van der Waals surface area contributed by atoms with E-state index in [2.05, 4.69) is 52.1 Å². The number of anilines is 2. The monoisotopic (exact) mass is 1110 g/mol. The second-order valence-corrected chi connectivity index (χ2v) is 23.2. The molecule has 5 fully saturated rings. The third-order valence-corrected chi connectivity index (χ3v) is 17.5. The number of nitrogens with one attached hydrogen (secondary N) is 3. The van der Waals surface area contributed by atoms with E-state index >= 15 is 4.39 Å². The van der Waals surface area contributed by atoms with Crippen molar-refractivity contribution in [3.05, 3.63) is 113 Å². The number of aryl methyl sites for hydroxylation is 1. The minimum absolute atomic E-state index is 0.0356. The van der Waals surface area contributed by atoms with Crippen LogP contribution in [0.2, 0.25) is 0 Å². The number of aromatic nitrogens is 9. The van der Waals surface area contributed by atoms with Crippen molar-refractivity contribution in [2.24, 2.45) is 5.92 Å². The summed E-state index contributed by atoms with van der Waals surface area (Å²) in [6.45, 7) is 11.2. The van der Waals surface area contributed by atoms with Crippen molar-refractivity contribution in [2.45, 2.75) is 121 Å². The van der Waals surface area contributed by atoms with Gasteiger partial charge in [0.15, 0.2) is 5.75 Å². The van der Waals surface area contributed by atoms with Crippen molar-refractivity contribution >= 4 is 45.4 Å². The number of piperazine rings is 1. The smallest absolute Gasteiger partial charge is 0.248 e. The molecule has 4 aliphatic heterocycles. The molecule has 13 rings (SSSR count). The average molecular weight is 1110 g/mol. The molecule has 1 unspecified atom stereocenters. The molecule has 5 aliphatic rings. The molecule has 8 heterocycles. The van der Waals surface area contributed by atoms with Gasteiger partial charge in [0.1, 0.15) is 41.5 Å². The van der Waals surface area contributed by atoms with Crippen LogP contribution in [0.1, 0.15) is 93.1 Å². The summed E-state index contributed by atoms with van der Waals surface area (Å²) in [4.78, 5) is 45.6. The lowest BCUT2D eigenvalue weighted by molar-refractivity contribution is -0.142. The minimum Gasteiger partial charge on any atom is -0.486 e. The van der Waals surface area contributed by atoms with E-state index in [0.717, 1.165) is 101 Å². The summed E-state index contributed by atoms with van der Waals surface area (Å²) in [6, 6.07) is 19.2. The Hall–Kier alpha value is -7.85. The van der Waals surface area contributed by atoms with Gasteiger partial charge in [0.2, 0.25) is 17.8 Å². The molecule has 426 valence electrons. The van der Waals surface area contributed by atoms with E-state index in [1.807, 2.05) is 87.0 Å². The highest BCUT2D eigenvalue weighted by Gasteiger charge is 2.44. The van der Waals surface area contributed by atoms with Crippen LogP contribution in [0.15, 0.2) is 85.3 Å². The minimum atomic E-state index is -0.980. The number of hydrogen-bond donors (Lipinski definition) is 5. The number of H-pyrrole nitrogens is 1. The number of ether oxygens (including phenoxy) is 2. The SMILES string of the molecule is CCn1nccc1-c1ccc([C@H](CO)NC(=O)[C@@H]2C[C@@H](O)CN2C(=O)[C@H](C(C)C)n2cc(-c3ccc(COc4c(-c5c(C)c(F)cc6[nH]ncc56)c(C5CC5)cc5c(N6C[C@@H]7C[C@H]6CN7)nc(N6CCC(OC)C6)nc45)cc3)nn2)cc1. The third-order valence-electron chi connectivity index (χ3n) is 17.5. The van der Waals surface area contributed by atoms with E-state index in [1.54, 1.807) is 25.7 Å². The van der Waals surface area contributed by atoms with Crippen LogP contribution in [-0.2, 0) is 27.5 Å². The van der Waals surface area contributed by atoms with E-state index in [1.165, 1.54) is 15.6 Å². The summed E-state index contributed by atoms with van der Waals surface area (Å²) in [7, 11) is 1.75. The Balaban J connectivity index is 0.784. The van der Waals surface area contributed by atoms with E-state index in [4.69, 9.17) is 19.4 Å². The van der Waals surface area contributed by atoms with E-state index in [-0.39, 0.29) is 61.9 Å². The van der Waals surface area contributed by atoms with Crippen LogP contribution in [0.25, 0.3) is 55.4 Å². The summed E-state index contributed by atoms with van der Waals surface area (Å²) >= 11 is 0. The number of fused-ring (bicyclic) bond motifs is 4. The van der Waals surface area contributed by atoms with Crippen molar-refractivity contribution < 1.29 is 33.7 Å². The van der Waals surface area contributed by atoms with Gasteiger partial charge in [-0.2, -0.15) is 15.2 Å². The summed E-state index contributed by atoms with van der Waals surface area (Å²) in [5.41, 5.74) is 9.17. The number of hydrogen-bond acceptors (Lipinski definition) is 15. The lowest BCUT2D eigenvalue weighted by Crippen LogP contribution is -2.50. The number of nitrogens with zero attached hydrogens (tertiary/aromatic N) is 11. The molecule has 20 nitrogen and oxygen atoms in total. The lowest BCUT2D eigenvalue weighted by atomic mass is 9.88. The Labute approximate surface area is 474 Å². The maximum atomic E-state index is 16.2. The number of carbonyl (C=O) groups excluding carboxylic acids is 2. The molecule has 0 spiro atoms. The first-order valence-corrected chi connectivity index (χ1v) is 28.8. The highest BCUT2D eigenvalue weighted by Crippen LogP contribution is 2.54. The van der Waals surface area contributed by atoms with Gasteiger partial charge in [0.05, 0.1) is 48.5 Å². The van der Waals surface area contributed by atoms with Gasteiger partial charge in [-0.05, 0) is 97.4 Å². The van der Waals surface area contributed by atoms with E-state index in [0.29, 0.717) is 58.7 Å². The lowest BCUT2D eigenvalue weighted by Gasteiger charge is -2.31. The van der Waals surface area contributed by atoms with Crippen molar-refractivity contribution in [3.63, 3.8) is 0 Å². The highest BCUT2D eigenvalue weighted by molar-refractivity contribution is 6.06. The molecule has 2 bridgehead atoms. The molecule has 82 heavy (non-hydrogen) atoms. The van der Waals surface area contributed by atoms with Crippen molar-refractivity contribution in [3.8, 4) is 39.4 Å². The number of benzene rings is 4. The van der Waals surface area contributed by atoms with Crippen molar-refractivity contribution in [1.29, 1.82) is 0 Å². The van der Waals surface area contributed by atoms with Crippen LogP contribution in [0.4, 0.5) is 16.2 Å². The number of aromatic amines is 1. The summed E-state index contributed by atoms with van der Waals surface area (Å²) in [6.07, 6.45) is 8.31. The highest BCUT2D eigenvalue weighted by atomic mass is 19.1. The predicted molar refractivity (Wildman–Crippen MR) is 308 cm³/mol. The van der Waals surface area contributed by atoms with Crippen molar-refractivity contribution in [1.82, 2.24) is 60.5 Å². The van der Waals surface area contributed by atoms with Crippen LogP contribution >= 0.6 is 0 Å². The second kappa shape index (κ2) is 21.8. The number of rotatable bonds is 18. The molecule has 4 aromatic heterocycles. The molecule has 0 radical (unpaired) electrons. The third kappa shape index (κ3) is 9.79. The normalized spacial score (nSPS) is 21.4. The maximum absolute atomic E-state index is 16.2. The van der Waals surface area contributed by atoms with Gasteiger partial charge < -0.3 is 45.0 Å². The average Bonchev–Trinajstić information content (AvgIpc) is 3.29. The van der Waals surface area contributed by atoms with Crippen LogP contribution in [0.5, 0.6) is 5.75 Å². The van der Waals surface area contributed by atoms with E-state index < -0.39 is 30.1 Å².